The average molecular weight is 869 g/mol. The van der Waals surface area contributed by atoms with Crippen molar-refractivity contribution in [3.63, 3.8) is 0 Å². The minimum atomic E-state index is 0.575. The van der Waals surface area contributed by atoms with Crippen molar-refractivity contribution < 1.29 is 0 Å². The number of benzene rings is 10. The molecule has 0 radical (unpaired) electrons. The first-order valence-electron chi connectivity index (χ1n) is 22.7. The topological polar surface area (TPSA) is 77.3 Å². The van der Waals surface area contributed by atoms with Crippen molar-refractivity contribution in [1.82, 2.24) is 29.9 Å². The van der Waals surface area contributed by atoms with Crippen LogP contribution in [0.15, 0.2) is 243 Å². The van der Waals surface area contributed by atoms with Crippen molar-refractivity contribution in [3.05, 3.63) is 243 Å². The largest absolute Gasteiger partial charge is 0.208 e. The van der Waals surface area contributed by atoms with Crippen molar-refractivity contribution in [1.29, 1.82) is 0 Å². The van der Waals surface area contributed by atoms with Gasteiger partial charge in [0.25, 0.3) is 0 Å². The second-order valence-corrected chi connectivity index (χ2v) is 16.6. The lowest BCUT2D eigenvalue weighted by Crippen LogP contribution is -2.03. The molecule has 12 aromatic rings. The number of rotatable bonds is 9. The maximum atomic E-state index is 5.49. The fraction of sp³-hybridized carbons (Fsp3) is 0. The van der Waals surface area contributed by atoms with Crippen LogP contribution < -0.4 is 0 Å². The predicted molar refractivity (Wildman–Crippen MR) is 277 cm³/mol. The molecular formula is C62H40N6. The summed E-state index contributed by atoms with van der Waals surface area (Å²) in [5.74, 6) is 3.59. The summed E-state index contributed by atoms with van der Waals surface area (Å²) in [6.07, 6.45) is 0. The van der Waals surface area contributed by atoms with Gasteiger partial charge in [0.05, 0.1) is 0 Å². The molecular weight excluding hydrogens is 829 g/mol. The molecule has 12 rings (SSSR count). The molecule has 0 aliphatic heterocycles. The molecule has 10 aromatic carbocycles. The van der Waals surface area contributed by atoms with E-state index in [2.05, 4.69) is 170 Å². The van der Waals surface area contributed by atoms with E-state index in [-0.39, 0.29) is 0 Å². The minimum absolute atomic E-state index is 0.575. The highest BCUT2D eigenvalue weighted by molar-refractivity contribution is 6.05. The first kappa shape index (κ1) is 40.3. The van der Waals surface area contributed by atoms with Crippen molar-refractivity contribution >= 4 is 21.5 Å². The first-order chi connectivity index (χ1) is 33.7. The molecule has 0 atom stereocenters. The highest BCUT2D eigenvalue weighted by atomic mass is 15.0. The Morgan fingerprint density at radius 2 is 0.500 bits per heavy atom. The van der Waals surface area contributed by atoms with Crippen molar-refractivity contribution in [2.45, 2.75) is 0 Å². The molecule has 68 heavy (non-hydrogen) atoms. The second-order valence-electron chi connectivity index (χ2n) is 16.6. The Morgan fingerprint density at radius 3 is 1.01 bits per heavy atom. The number of hydrogen-bond donors (Lipinski definition) is 0. The molecule has 0 unspecified atom stereocenters. The number of fused-ring (bicyclic) bond motifs is 2. The van der Waals surface area contributed by atoms with E-state index in [0.29, 0.717) is 34.9 Å². The van der Waals surface area contributed by atoms with Gasteiger partial charge in [-0.3, -0.25) is 0 Å². The van der Waals surface area contributed by atoms with Gasteiger partial charge >= 0.3 is 0 Å². The van der Waals surface area contributed by atoms with Gasteiger partial charge in [-0.05, 0) is 55.4 Å². The maximum absolute atomic E-state index is 5.49. The van der Waals surface area contributed by atoms with Gasteiger partial charge in [0, 0.05) is 38.9 Å². The van der Waals surface area contributed by atoms with E-state index >= 15 is 0 Å². The Balaban J connectivity index is 1.05. The van der Waals surface area contributed by atoms with E-state index in [4.69, 9.17) is 29.9 Å². The summed E-state index contributed by atoms with van der Waals surface area (Å²) in [5, 5.41) is 4.37. The lowest BCUT2D eigenvalue weighted by Gasteiger charge is -2.17. The van der Waals surface area contributed by atoms with Gasteiger partial charge in [-0.1, -0.05) is 237 Å². The van der Waals surface area contributed by atoms with E-state index in [0.717, 1.165) is 88.3 Å². The van der Waals surface area contributed by atoms with Crippen LogP contribution >= 0.6 is 0 Å². The van der Waals surface area contributed by atoms with E-state index < -0.39 is 0 Å². The van der Waals surface area contributed by atoms with Crippen LogP contribution in [0.1, 0.15) is 0 Å². The molecule has 2 heterocycles. The van der Waals surface area contributed by atoms with Gasteiger partial charge in [-0.2, -0.15) is 0 Å². The molecule has 0 fully saturated rings. The third-order valence-electron chi connectivity index (χ3n) is 12.4. The van der Waals surface area contributed by atoms with Crippen LogP contribution in [0.2, 0.25) is 0 Å². The fourth-order valence-corrected chi connectivity index (χ4v) is 9.04. The third kappa shape index (κ3) is 7.76. The summed E-state index contributed by atoms with van der Waals surface area (Å²) in [5.41, 5.74) is 11.9. The quantitative estimate of drug-likeness (QED) is 0.144. The second kappa shape index (κ2) is 17.6. The molecule has 0 aliphatic rings. The van der Waals surface area contributed by atoms with Gasteiger partial charge in [0.1, 0.15) is 0 Å². The molecule has 0 N–H and O–H groups in total. The summed E-state index contributed by atoms with van der Waals surface area (Å²) < 4.78 is 0. The van der Waals surface area contributed by atoms with E-state index in [1.165, 1.54) is 0 Å². The highest BCUT2D eigenvalue weighted by Crippen LogP contribution is 2.42. The van der Waals surface area contributed by atoms with Crippen molar-refractivity contribution in [2.24, 2.45) is 0 Å². The Bertz CT molecular complexity index is 3690. The van der Waals surface area contributed by atoms with Crippen LogP contribution in [0.3, 0.4) is 0 Å². The molecule has 318 valence electrons. The molecule has 6 heteroatoms. The average Bonchev–Trinajstić information content (AvgIpc) is 3.43. The zero-order chi connectivity index (χ0) is 45.2. The Morgan fingerprint density at radius 1 is 0.176 bits per heavy atom. The molecule has 0 saturated heterocycles. The van der Waals surface area contributed by atoms with E-state index in [1.807, 2.05) is 72.8 Å². The summed E-state index contributed by atoms with van der Waals surface area (Å²) in [7, 11) is 0. The van der Waals surface area contributed by atoms with Gasteiger partial charge in [0.15, 0.2) is 34.9 Å². The zero-order valence-electron chi connectivity index (χ0n) is 36.8. The lowest BCUT2D eigenvalue weighted by atomic mass is 9.91. The minimum Gasteiger partial charge on any atom is -0.208 e. The van der Waals surface area contributed by atoms with Gasteiger partial charge in [0.2, 0.25) is 0 Å². The van der Waals surface area contributed by atoms with E-state index in [1.54, 1.807) is 0 Å². The van der Waals surface area contributed by atoms with E-state index in [9.17, 15) is 0 Å². The van der Waals surface area contributed by atoms with Crippen LogP contribution in [0, 0.1) is 0 Å². The number of nitrogens with zero attached hydrogens (tertiary/aromatic N) is 6. The number of hydrogen-bond acceptors (Lipinski definition) is 6. The summed E-state index contributed by atoms with van der Waals surface area (Å²) >= 11 is 0. The lowest BCUT2D eigenvalue weighted by molar-refractivity contribution is 1.07. The summed E-state index contributed by atoms with van der Waals surface area (Å²) in [6, 6.07) is 83.7. The molecule has 2 aromatic heterocycles. The molecule has 0 saturated carbocycles. The zero-order valence-corrected chi connectivity index (χ0v) is 36.8. The molecule has 0 spiro atoms. The highest BCUT2D eigenvalue weighted by Gasteiger charge is 2.22. The maximum Gasteiger partial charge on any atom is 0.165 e. The first-order valence-corrected chi connectivity index (χ1v) is 22.7. The predicted octanol–water partition coefficient (Wildman–Crippen LogP) is 15.4. The number of aromatic nitrogens is 6. The molecule has 6 nitrogen and oxygen atoms in total. The van der Waals surface area contributed by atoms with Gasteiger partial charge in [-0.15, -0.1) is 0 Å². The summed E-state index contributed by atoms with van der Waals surface area (Å²) in [4.78, 5) is 31.2. The van der Waals surface area contributed by atoms with Crippen LogP contribution in [-0.2, 0) is 0 Å². The Hall–Kier alpha value is -9.26. The Labute approximate surface area is 394 Å². The van der Waals surface area contributed by atoms with Crippen LogP contribution in [0.25, 0.3) is 123 Å². The molecule has 0 bridgehead atoms. The summed E-state index contributed by atoms with van der Waals surface area (Å²) in [6.45, 7) is 0. The Kier molecular flexibility index (Phi) is 10.4. The monoisotopic (exact) mass is 868 g/mol. The van der Waals surface area contributed by atoms with Gasteiger partial charge < -0.3 is 0 Å². The molecule has 0 amide bonds. The van der Waals surface area contributed by atoms with Gasteiger partial charge in [-0.25, -0.2) is 29.9 Å². The normalized spacial score (nSPS) is 11.2. The molecule has 0 aliphatic carbocycles. The smallest absolute Gasteiger partial charge is 0.165 e. The van der Waals surface area contributed by atoms with Crippen LogP contribution in [0.4, 0.5) is 0 Å². The van der Waals surface area contributed by atoms with Crippen LogP contribution in [0.5, 0.6) is 0 Å². The fourth-order valence-electron chi connectivity index (χ4n) is 9.04. The standard InChI is InChI=1S/C62H40N6/c1-5-17-41(18-6-1)42-29-33-49(34-30-42)60-66-61(68-62(67-60)56-52-28-16-14-22-45(52)37-39-53(56)43-19-7-2-8-20-43)54-40-38-44-21-13-15-27-51(44)55(54)46-31-35-50(36-32-46)59-64-57(47-23-9-3-10-24-47)63-58(65-59)48-25-11-4-12-26-48/h1-40H. The SMILES string of the molecule is c1ccc(-c2ccc(-c3nc(-c4ccc5ccccc5c4-c4ccc(-c5nc(-c6ccccc6)nc(-c6ccccc6)n5)cc4)nc(-c4c(-c5ccccc5)ccc5ccccc45)n3)cc2)cc1. The van der Waals surface area contributed by atoms with Crippen LogP contribution in [-0.4, -0.2) is 29.9 Å². The third-order valence-corrected chi connectivity index (χ3v) is 12.4. The van der Waals surface area contributed by atoms with Crippen molar-refractivity contribution in [2.75, 3.05) is 0 Å². The van der Waals surface area contributed by atoms with Crippen molar-refractivity contribution in [3.8, 4) is 102 Å².